The highest BCUT2D eigenvalue weighted by Crippen LogP contribution is 2.32. The van der Waals surface area contributed by atoms with Gasteiger partial charge in [0.05, 0.1) is 24.8 Å². The first-order valence-corrected chi connectivity index (χ1v) is 15.7. The monoisotopic (exact) mass is 686 g/mol. The normalized spacial score (nSPS) is 43.2. The highest BCUT2D eigenvalue weighted by molar-refractivity contribution is 5.81. The highest BCUT2D eigenvalue weighted by Gasteiger charge is 2.53. The number of amides is 1. The maximum Gasteiger partial charge on any atom is 0.251 e. The molecule has 0 spiro atoms. The lowest BCUT2D eigenvalue weighted by atomic mass is 9.83. The minimum Gasteiger partial charge on any atom is -0.392 e. The van der Waals surface area contributed by atoms with Gasteiger partial charge < -0.3 is 98.1 Å². The smallest absolute Gasteiger partial charge is 0.251 e. The van der Waals surface area contributed by atoms with Gasteiger partial charge in [-0.2, -0.15) is 0 Å². The average molecular weight is 687 g/mol. The molecule has 20 nitrogen and oxygen atoms in total. The summed E-state index contributed by atoms with van der Waals surface area (Å²) in [6.07, 6.45) is -19.6. The van der Waals surface area contributed by atoms with Crippen molar-refractivity contribution in [3.63, 3.8) is 0 Å². The molecule has 2 aliphatic heterocycles. The van der Waals surface area contributed by atoms with Crippen LogP contribution in [0.25, 0.3) is 0 Å². The number of ether oxygens (including phenoxy) is 4. The first-order valence-electron chi connectivity index (χ1n) is 15.7. The lowest BCUT2D eigenvalue weighted by molar-refractivity contribution is -0.331. The van der Waals surface area contributed by atoms with Gasteiger partial charge in [-0.05, 0) is 33.4 Å². The summed E-state index contributed by atoms with van der Waals surface area (Å²) in [6.45, 7) is 0.995. The van der Waals surface area contributed by atoms with Crippen LogP contribution in [-0.4, -0.2) is 195 Å². The summed E-state index contributed by atoms with van der Waals surface area (Å²) in [6, 6.07) is -3.20. The van der Waals surface area contributed by atoms with E-state index >= 15 is 0 Å². The molecule has 0 aromatic rings. The quantitative estimate of drug-likeness (QED) is 0.0760. The van der Waals surface area contributed by atoms with Gasteiger partial charge in [-0.3, -0.25) is 4.79 Å². The van der Waals surface area contributed by atoms with Crippen LogP contribution >= 0.6 is 0 Å². The third-order valence-electron chi connectivity index (χ3n) is 8.84. The number of aliphatic hydroxyl groups is 9. The molecule has 3 rings (SSSR count). The van der Waals surface area contributed by atoms with Crippen LogP contribution < -0.4 is 33.2 Å². The Bertz CT molecular complexity index is 975. The topological polar surface area (TPSA) is 350 Å². The molecular weight excluding hydrogens is 632 g/mol. The van der Waals surface area contributed by atoms with Gasteiger partial charge >= 0.3 is 0 Å². The Morgan fingerprint density at radius 1 is 0.979 bits per heavy atom. The number of carbonyl (C=O) groups is 1. The molecule has 18 N–H and O–H groups in total. The van der Waals surface area contributed by atoms with Gasteiger partial charge in [-0.15, -0.1) is 0 Å². The Hall–Kier alpha value is -1.25. The third kappa shape index (κ3) is 9.72. The minimum atomic E-state index is -1.94. The van der Waals surface area contributed by atoms with E-state index in [1.807, 2.05) is 0 Å². The molecule has 0 radical (unpaired) electrons. The summed E-state index contributed by atoms with van der Waals surface area (Å²) in [5.74, 6) is -1.06. The molecule has 17 atom stereocenters. The highest BCUT2D eigenvalue weighted by atomic mass is 16.7. The summed E-state index contributed by atoms with van der Waals surface area (Å²) in [7, 11) is 1.50. The number of carbonyl (C=O) groups excluding carboxylic acids is 1. The second kappa shape index (κ2) is 17.6. The molecule has 3 unspecified atom stereocenters. The van der Waals surface area contributed by atoms with Crippen molar-refractivity contribution in [2.24, 2.45) is 17.2 Å². The van der Waals surface area contributed by atoms with Crippen molar-refractivity contribution in [2.75, 3.05) is 39.8 Å². The van der Waals surface area contributed by atoms with E-state index in [9.17, 15) is 50.8 Å². The molecule has 1 amide bonds. The fourth-order valence-electron chi connectivity index (χ4n) is 6.07. The van der Waals surface area contributed by atoms with Gasteiger partial charge in [-0.1, -0.05) is 0 Å². The van der Waals surface area contributed by atoms with Crippen LogP contribution in [0, 0.1) is 0 Å². The summed E-state index contributed by atoms with van der Waals surface area (Å²) in [4.78, 5) is 12.8. The van der Waals surface area contributed by atoms with Crippen LogP contribution in [0.3, 0.4) is 0 Å². The summed E-state index contributed by atoms with van der Waals surface area (Å²) in [5.41, 5.74) is 15.6. The lowest BCUT2D eigenvalue weighted by Gasteiger charge is -2.49. The van der Waals surface area contributed by atoms with Crippen LogP contribution in [-0.2, 0) is 23.7 Å². The van der Waals surface area contributed by atoms with Crippen LogP contribution in [0.2, 0.25) is 0 Å². The Kier molecular flexibility index (Phi) is 15.1. The van der Waals surface area contributed by atoms with Gasteiger partial charge in [-0.25, -0.2) is 0 Å². The Labute approximate surface area is 272 Å². The molecule has 0 aromatic heterocycles. The molecular formula is C27H54N6O14. The average Bonchev–Trinajstić information content (AvgIpc) is 3.02. The largest absolute Gasteiger partial charge is 0.392 e. The van der Waals surface area contributed by atoms with Crippen LogP contribution in [0.5, 0.6) is 0 Å². The van der Waals surface area contributed by atoms with Crippen molar-refractivity contribution in [2.45, 2.75) is 123 Å². The second-order valence-electron chi connectivity index (χ2n) is 12.7. The lowest BCUT2D eigenvalue weighted by Crippen LogP contribution is -2.70. The van der Waals surface area contributed by atoms with Crippen molar-refractivity contribution < 1.29 is 69.7 Å². The number of rotatable bonds is 15. The van der Waals surface area contributed by atoms with Gasteiger partial charge in [0.1, 0.15) is 60.5 Å². The number of nitrogens with one attached hydrogen (secondary N) is 3. The number of likely N-dealkylation sites (N-methyl/N-ethyl adjacent to an activating group) is 1. The number of aliphatic hydroxyl groups excluding tert-OH is 8. The van der Waals surface area contributed by atoms with Crippen molar-refractivity contribution >= 4 is 5.91 Å². The second-order valence-corrected chi connectivity index (χ2v) is 12.7. The summed E-state index contributed by atoms with van der Waals surface area (Å²) in [5, 5.41) is 103. The first-order chi connectivity index (χ1) is 22.1. The van der Waals surface area contributed by atoms with Gasteiger partial charge in [0, 0.05) is 25.7 Å². The number of nitrogens with two attached hydrogens (primary N) is 3. The van der Waals surface area contributed by atoms with E-state index in [0.29, 0.717) is 6.42 Å². The zero-order chi connectivity index (χ0) is 35.2. The van der Waals surface area contributed by atoms with E-state index < -0.39 is 116 Å². The maximum atomic E-state index is 12.8. The molecule has 276 valence electrons. The fraction of sp³-hybridized carbons (Fsp3) is 0.963. The standard InChI is InChI=1S/C27H54N6O14/c1-27(43)9-44-25(20(41)23(27)31-2)47-22-12(33-24(42)15(36)13(35)6-29)5-11(30)21(19(22)40)46-26-18(39)17(38)16(37)14(45-26)8-32-7-10(34)3-4-28/h10-23,25-26,31-32,34-41,43H,3-9,28-30H2,1-2H3,(H,33,42)/t10?,11-,12+,13?,14+,15?,16+,17-,18+,19-,20+,21+,22-,23+,25+,26+,27-/m0/s1. The number of hydrogen-bond acceptors (Lipinski definition) is 19. The predicted molar refractivity (Wildman–Crippen MR) is 160 cm³/mol. The van der Waals surface area contributed by atoms with E-state index in [1.54, 1.807) is 0 Å². The van der Waals surface area contributed by atoms with Gasteiger partial charge in [0.15, 0.2) is 18.7 Å². The van der Waals surface area contributed by atoms with Crippen molar-refractivity contribution in [1.82, 2.24) is 16.0 Å². The van der Waals surface area contributed by atoms with E-state index in [4.69, 9.17) is 36.1 Å². The molecule has 2 saturated heterocycles. The summed E-state index contributed by atoms with van der Waals surface area (Å²) >= 11 is 0. The van der Waals surface area contributed by atoms with E-state index in [1.165, 1.54) is 14.0 Å². The summed E-state index contributed by atoms with van der Waals surface area (Å²) < 4.78 is 23.2. The van der Waals surface area contributed by atoms with Gasteiger partial charge in [0.25, 0.3) is 5.91 Å². The van der Waals surface area contributed by atoms with Crippen molar-refractivity contribution in [3.05, 3.63) is 0 Å². The van der Waals surface area contributed by atoms with Crippen LogP contribution in [0.1, 0.15) is 19.8 Å². The fourth-order valence-corrected chi connectivity index (χ4v) is 6.07. The molecule has 20 heteroatoms. The molecule has 1 saturated carbocycles. The van der Waals surface area contributed by atoms with Crippen LogP contribution in [0.4, 0.5) is 0 Å². The van der Waals surface area contributed by atoms with E-state index in [-0.39, 0.29) is 32.7 Å². The minimum absolute atomic E-state index is 0.0736. The zero-order valence-corrected chi connectivity index (χ0v) is 26.5. The molecule has 1 aliphatic carbocycles. The predicted octanol–water partition coefficient (Wildman–Crippen LogP) is -8.82. The van der Waals surface area contributed by atoms with Crippen LogP contribution in [0.15, 0.2) is 0 Å². The Balaban J connectivity index is 1.81. The molecule has 3 aliphatic rings. The molecule has 3 fully saturated rings. The van der Waals surface area contributed by atoms with E-state index in [2.05, 4.69) is 16.0 Å². The zero-order valence-electron chi connectivity index (χ0n) is 26.5. The molecule has 47 heavy (non-hydrogen) atoms. The number of hydrogen-bond donors (Lipinski definition) is 15. The van der Waals surface area contributed by atoms with Gasteiger partial charge in [0.2, 0.25) is 0 Å². The molecule has 2 heterocycles. The molecule has 0 aromatic carbocycles. The van der Waals surface area contributed by atoms with E-state index in [0.717, 1.165) is 0 Å². The third-order valence-corrected chi connectivity index (χ3v) is 8.84. The van der Waals surface area contributed by atoms with Crippen molar-refractivity contribution in [3.8, 4) is 0 Å². The Morgan fingerprint density at radius 3 is 2.26 bits per heavy atom. The Morgan fingerprint density at radius 2 is 1.64 bits per heavy atom. The SMILES string of the molecule is CN[C@@H]1[C@@H](O)[C@@H](O[C@@H]2[C@@H](O)[C@H](O[C@H]3O[C@H](CNCC(O)CCN)[C@@H](O)[C@H](O)[C@H]3O)[C@@H](N)C[C@H]2NC(=O)C(O)C(O)CN)OC[C@]1(C)O. The maximum absolute atomic E-state index is 12.8. The van der Waals surface area contributed by atoms with Crippen molar-refractivity contribution in [1.29, 1.82) is 0 Å². The molecule has 0 bridgehead atoms. The first kappa shape index (κ1) is 40.2.